The van der Waals surface area contributed by atoms with Crippen molar-refractivity contribution in [2.24, 2.45) is 5.41 Å². The summed E-state index contributed by atoms with van der Waals surface area (Å²) in [7, 11) is 0. The van der Waals surface area contributed by atoms with Crippen LogP contribution in [0.1, 0.15) is 35.0 Å². The molecule has 1 fully saturated rings. The largest absolute Gasteiger partial charge is 0.490 e. The quantitative estimate of drug-likeness (QED) is 0.462. The van der Waals surface area contributed by atoms with Crippen molar-refractivity contribution < 1.29 is 14.3 Å². The topological polar surface area (TPSA) is 88.3 Å². The molecule has 0 saturated carbocycles. The molecule has 33 heavy (non-hydrogen) atoms. The first-order valence-electron chi connectivity index (χ1n) is 11.2. The van der Waals surface area contributed by atoms with E-state index < -0.39 is 0 Å². The molecule has 2 aliphatic rings. The molecular formula is C25H27ClN4O3. The second-order valence-electron chi connectivity index (χ2n) is 8.78. The molecule has 0 atom stereocenters. The van der Waals surface area contributed by atoms with E-state index in [2.05, 4.69) is 27.5 Å². The third-order valence-electron chi connectivity index (χ3n) is 6.65. The number of H-pyrrole nitrogens is 1. The Hall–Kier alpha value is -3.03. The highest BCUT2D eigenvalue weighted by Crippen LogP contribution is 2.42. The Kier molecular flexibility index (Phi) is 5.76. The summed E-state index contributed by atoms with van der Waals surface area (Å²) in [6.45, 7) is 6.67. The molecule has 4 heterocycles. The first-order chi connectivity index (χ1) is 16.0. The number of anilines is 2. The molecule has 2 aliphatic heterocycles. The van der Waals surface area contributed by atoms with Crippen molar-refractivity contribution in [3.63, 3.8) is 0 Å². The molecule has 7 nitrogen and oxygen atoms in total. The number of aromatic nitrogens is 2. The smallest absolute Gasteiger partial charge is 0.255 e. The minimum Gasteiger partial charge on any atom is -0.490 e. The molecule has 1 aromatic carbocycles. The van der Waals surface area contributed by atoms with Gasteiger partial charge in [0.05, 0.1) is 48.4 Å². The van der Waals surface area contributed by atoms with Crippen LogP contribution in [0.3, 0.4) is 0 Å². The minimum atomic E-state index is -0.103. The molecule has 1 amide bonds. The highest BCUT2D eigenvalue weighted by molar-refractivity contribution is 6.31. The van der Waals surface area contributed by atoms with Crippen molar-refractivity contribution in [3.8, 4) is 17.0 Å². The van der Waals surface area contributed by atoms with E-state index in [1.54, 1.807) is 12.4 Å². The van der Waals surface area contributed by atoms with Gasteiger partial charge < -0.3 is 25.1 Å². The minimum absolute atomic E-state index is 0.0426. The van der Waals surface area contributed by atoms with Crippen LogP contribution in [-0.2, 0) is 11.2 Å². The summed E-state index contributed by atoms with van der Waals surface area (Å²) in [5, 5.41) is 7.10. The normalized spacial score (nSPS) is 16.5. The number of aromatic amines is 1. The molecule has 0 unspecified atom stereocenters. The summed E-state index contributed by atoms with van der Waals surface area (Å²) in [6.07, 6.45) is 5.17. The van der Waals surface area contributed by atoms with Gasteiger partial charge in [0.15, 0.2) is 0 Å². The van der Waals surface area contributed by atoms with Crippen molar-refractivity contribution in [3.05, 3.63) is 58.5 Å². The Morgan fingerprint density at radius 1 is 1.30 bits per heavy atom. The van der Waals surface area contributed by atoms with Gasteiger partial charge >= 0.3 is 0 Å². The molecule has 1 saturated heterocycles. The van der Waals surface area contributed by atoms with E-state index in [4.69, 9.17) is 21.1 Å². The average molecular weight is 467 g/mol. The Labute approximate surface area is 197 Å². The van der Waals surface area contributed by atoms with Gasteiger partial charge in [0.2, 0.25) is 0 Å². The monoisotopic (exact) mass is 466 g/mol. The summed E-state index contributed by atoms with van der Waals surface area (Å²) in [5.41, 5.74) is 5.67. The van der Waals surface area contributed by atoms with E-state index in [0.717, 1.165) is 41.0 Å². The van der Waals surface area contributed by atoms with Gasteiger partial charge in [-0.2, -0.15) is 0 Å². The molecule has 0 radical (unpaired) electrons. The second kappa shape index (κ2) is 8.72. The van der Waals surface area contributed by atoms with Gasteiger partial charge in [-0.15, -0.1) is 0 Å². The molecular weight excluding hydrogens is 440 g/mol. The van der Waals surface area contributed by atoms with E-state index in [-0.39, 0.29) is 11.3 Å². The van der Waals surface area contributed by atoms with Gasteiger partial charge in [0, 0.05) is 41.1 Å². The fourth-order valence-electron chi connectivity index (χ4n) is 4.30. The van der Waals surface area contributed by atoms with Crippen LogP contribution in [-0.4, -0.2) is 42.2 Å². The maximum Gasteiger partial charge on any atom is 0.255 e. The number of carbonyl (C=O) groups is 1. The summed E-state index contributed by atoms with van der Waals surface area (Å²) >= 11 is 6.36. The molecule has 3 aromatic rings. The Morgan fingerprint density at radius 3 is 2.91 bits per heavy atom. The van der Waals surface area contributed by atoms with Gasteiger partial charge in [0.1, 0.15) is 5.75 Å². The summed E-state index contributed by atoms with van der Waals surface area (Å²) in [6, 6.07) is 7.61. The molecule has 3 N–H and O–H groups in total. The predicted octanol–water partition coefficient (Wildman–Crippen LogP) is 4.87. The molecule has 0 spiro atoms. The first kappa shape index (κ1) is 21.8. The Bertz CT molecular complexity index is 1200. The van der Waals surface area contributed by atoms with E-state index in [0.29, 0.717) is 48.4 Å². The van der Waals surface area contributed by atoms with Crippen molar-refractivity contribution >= 4 is 28.9 Å². The number of benzene rings is 1. The summed E-state index contributed by atoms with van der Waals surface area (Å²) < 4.78 is 11.7. The highest BCUT2D eigenvalue weighted by atomic mass is 35.5. The Morgan fingerprint density at radius 2 is 2.15 bits per heavy atom. The van der Waals surface area contributed by atoms with Crippen LogP contribution in [0.15, 0.2) is 36.7 Å². The van der Waals surface area contributed by atoms with Gasteiger partial charge in [-0.1, -0.05) is 24.6 Å². The average Bonchev–Trinajstić information content (AvgIpc) is 3.16. The standard InChI is InChI=1S/C25H27ClN4O3/c1-3-25(12-32-13-25)14-33-20-11-27-9-7-16(20)22-23(21-19(30-22)8-10-28-24(21)31)29-18-6-4-5-17(26)15(18)2/h4-7,9,11,29-30H,3,8,10,12-14H2,1-2H3,(H,28,31). The zero-order valence-corrected chi connectivity index (χ0v) is 19.5. The van der Waals surface area contributed by atoms with E-state index >= 15 is 0 Å². The third kappa shape index (κ3) is 3.96. The molecule has 0 aliphatic carbocycles. The molecule has 2 aromatic heterocycles. The van der Waals surface area contributed by atoms with E-state index in [1.807, 2.05) is 31.2 Å². The van der Waals surface area contributed by atoms with Crippen molar-refractivity contribution in [1.29, 1.82) is 0 Å². The fraction of sp³-hybridized carbons (Fsp3) is 0.360. The predicted molar refractivity (Wildman–Crippen MR) is 129 cm³/mol. The summed E-state index contributed by atoms with van der Waals surface area (Å²) in [4.78, 5) is 20.6. The zero-order chi connectivity index (χ0) is 23.0. The lowest BCUT2D eigenvalue weighted by Crippen LogP contribution is -2.46. The van der Waals surface area contributed by atoms with Crippen LogP contribution in [0.2, 0.25) is 5.02 Å². The van der Waals surface area contributed by atoms with Crippen LogP contribution >= 0.6 is 11.6 Å². The van der Waals surface area contributed by atoms with E-state index in [9.17, 15) is 4.79 Å². The number of amides is 1. The van der Waals surface area contributed by atoms with Crippen LogP contribution in [0.4, 0.5) is 11.4 Å². The van der Waals surface area contributed by atoms with Crippen LogP contribution in [0.25, 0.3) is 11.3 Å². The van der Waals surface area contributed by atoms with Crippen LogP contribution in [0, 0.1) is 12.3 Å². The summed E-state index contributed by atoms with van der Waals surface area (Å²) in [5.74, 6) is 0.566. The Balaban J connectivity index is 1.58. The van der Waals surface area contributed by atoms with Crippen molar-refractivity contribution in [1.82, 2.24) is 15.3 Å². The lowest BCUT2D eigenvalue weighted by Gasteiger charge is -2.40. The van der Waals surface area contributed by atoms with Crippen LogP contribution < -0.4 is 15.4 Å². The van der Waals surface area contributed by atoms with Gasteiger partial charge in [-0.05, 0) is 37.1 Å². The van der Waals surface area contributed by atoms with Crippen molar-refractivity contribution in [2.75, 3.05) is 31.7 Å². The molecule has 8 heteroatoms. The van der Waals surface area contributed by atoms with Gasteiger partial charge in [-0.3, -0.25) is 9.78 Å². The fourth-order valence-corrected chi connectivity index (χ4v) is 4.47. The molecule has 172 valence electrons. The number of nitrogens with zero attached hydrogens (tertiary/aromatic N) is 1. The number of halogens is 1. The number of ether oxygens (including phenoxy) is 2. The number of nitrogens with one attached hydrogen (secondary N) is 3. The number of pyridine rings is 1. The number of hydrogen-bond acceptors (Lipinski definition) is 5. The third-order valence-corrected chi connectivity index (χ3v) is 7.06. The van der Waals surface area contributed by atoms with Crippen molar-refractivity contribution in [2.45, 2.75) is 26.7 Å². The SMILES string of the molecule is CCC1(COc2cnccc2-c2[nH]c3c(c2Nc2cccc(Cl)c2C)C(=O)NCC3)COC1. The lowest BCUT2D eigenvalue weighted by atomic mass is 9.84. The molecule has 0 bridgehead atoms. The zero-order valence-electron chi connectivity index (χ0n) is 18.8. The number of rotatable bonds is 7. The second-order valence-corrected chi connectivity index (χ2v) is 9.19. The maximum absolute atomic E-state index is 12.9. The lowest BCUT2D eigenvalue weighted by molar-refractivity contribution is -0.133. The molecule has 5 rings (SSSR count). The number of fused-ring (bicyclic) bond motifs is 1. The van der Waals surface area contributed by atoms with E-state index in [1.165, 1.54) is 0 Å². The highest BCUT2D eigenvalue weighted by Gasteiger charge is 2.38. The number of carbonyl (C=O) groups excluding carboxylic acids is 1. The van der Waals surface area contributed by atoms with Crippen LogP contribution in [0.5, 0.6) is 5.75 Å². The van der Waals surface area contributed by atoms with Gasteiger partial charge in [-0.25, -0.2) is 0 Å². The first-order valence-corrected chi connectivity index (χ1v) is 11.6. The van der Waals surface area contributed by atoms with Gasteiger partial charge in [0.25, 0.3) is 5.91 Å². The maximum atomic E-state index is 12.9. The number of hydrogen-bond donors (Lipinski definition) is 3.